The maximum atomic E-state index is 12.2. The van der Waals surface area contributed by atoms with E-state index in [1.54, 1.807) is 24.3 Å². The Hall–Kier alpha value is -2.57. The van der Waals surface area contributed by atoms with E-state index in [1.807, 2.05) is 0 Å². The number of amides is 1. The number of nitrogens with one attached hydrogen (secondary N) is 1. The molecule has 2 aromatic carbocycles. The van der Waals surface area contributed by atoms with Crippen molar-refractivity contribution in [2.75, 3.05) is 5.32 Å². The second kappa shape index (κ2) is 7.13. The van der Waals surface area contributed by atoms with Crippen LogP contribution >= 0.6 is 23.2 Å². The van der Waals surface area contributed by atoms with Crippen molar-refractivity contribution in [2.24, 2.45) is 0 Å². The van der Waals surface area contributed by atoms with Crippen LogP contribution in [-0.2, 0) is 9.53 Å². The third kappa shape index (κ3) is 3.92. The van der Waals surface area contributed by atoms with Gasteiger partial charge in [0, 0.05) is 5.69 Å². The Morgan fingerprint density at radius 3 is 2.72 bits per heavy atom. The lowest BCUT2D eigenvalue weighted by Crippen LogP contribution is -2.30. The zero-order valence-corrected chi connectivity index (χ0v) is 14.5. The number of hydrogen-bond donors (Lipinski definition) is 1. The van der Waals surface area contributed by atoms with Gasteiger partial charge in [0.2, 0.25) is 0 Å². The number of esters is 1. The summed E-state index contributed by atoms with van der Waals surface area (Å²) in [7, 11) is 0. The minimum Gasteiger partial charge on any atom is -0.449 e. The molecule has 128 valence electrons. The zero-order chi connectivity index (χ0) is 18.0. The van der Waals surface area contributed by atoms with E-state index in [1.165, 1.54) is 25.5 Å². The summed E-state index contributed by atoms with van der Waals surface area (Å²) in [6, 6.07) is 9.36. The van der Waals surface area contributed by atoms with E-state index >= 15 is 0 Å². The van der Waals surface area contributed by atoms with Crippen LogP contribution in [0.2, 0.25) is 10.0 Å². The monoisotopic (exact) mass is 378 g/mol. The second-order valence-electron chi connectivity index (χ2n) is 5.20. The molecule has 3 aromatic rings. The minimum absolute atomic E-state index is 0.262. The third-order valence-electron chi connectivity index (χ3n) is 3.41. The van der Waals surface area contributed by atoms with Crippen LogP contribution in [-0.4, -0.2) is 23.0 Å². The van der Waals surface area contributed by atoms with Gasteiger partial charge in [-0.3, -0.25) is 4.79 Å². The van der Waals surface area contributed by atoms with Crippen molar-refractivity contribution < 1.29 is 18.7 Å². The van der Waals surface area contributed by atoms with E-state index in [2.05, 4.69) is 10.3 Å². The molecule has 0 aliphatic heterocycles. The molecule has 0 spiro atoms. The molecule has 1 atom stereocenters. The number of nitrogens with zero attached hydrogens (tertiary/aromatic N) is 1. The summed E-state index contributed by atoms with van der Waals surface area (Å²) in [6.45, 7) is 1.47. The molecule has 0 fully saturated rings. The molecule has 8 heteroatoms. The molecule has 1 unspecified atom stereocenters. The summed E-state index contributed by atoms with van der Waals surface area (Å²) in [5.41, 5.74) is 1.80. The summed E-state index contributed by atoms with van der Waals surface area (Å²) in [6.07, 6.45) is 0.278. The summed E-state index contributed by atoms with van der Waals surface area (Å²) < 4.78 is 10.3. The molecule has 0 saturated carbocycles. The number of oxazole rings is 1. The predicted molar refractivity (Wildman–Crippen MR) is 94.0 cm³/mol. The SMILES string of the molecule is CC(OC(=O)c1ccc2ncoc2c1)C(=O)Nc1ccc(Cl)c(Cl)c1. The first-order valence-corrected chi connectivity index (χ1v) is 8.00. The first-order valence-electron chi connectivity index (χ1n) is 7.24. The smallest absolute Gasteiger partial charge is 0.339 e. The van der Waals surface area contributed by atoms with Gasteiger partial charge in [-0.2, -0.15) is 0 Å². The zero-order valence-electron chi connectivity index (χ0n) is 13.0. The van der Waals surface area contributed by atoms with E-state index in [-0.39, 0.29) is 5.56 Å². The Balaban J connectivity index is 1.65. The van der Waals surface area contributed by atoms with Crippen molar-refractivity contribution in [1.29, 1.82) is 0 Å². The summed E-state index contributed by atoms with van der Waals surface area (Å²) in [5.74, 6) is -1.14. The van der Waals surface area contributed by atoms with E-state index in [0.717, 1.165) is 0 Å². The van der Waals surface area contributed by atoms with E-state index < -0.39 is 18.0 Å². The van der Waals surface area contributed by atoms with Crippen LogP contribution in [0.3, 0.4) is 0 Å². The van der Waals surface area contributed by atoms with Gasteiger partial charge < -0.3 is 14.5 Å². The topological polar surface area (TPSA) is 81.4 Å². The van der Waals surface area contributed by atoms with Gasteiger partial charge >= 0.3 is 5.97 Å². The predicted octanol–water partition coefficient (Wildman–Crippen LogP) is 4.32. The highest BCUT2D eigenvalue weighted by Gasteiger charge is 2.20. The van der Waals surface area contributed by atoms with Gasteiger partial charge in [0.15, 0.2) is 18.1 Å². The molecule has 0 saturated heterocycles. The van der Waals surface area contributed by atoms with Gasteiger partial charge in [-0.05, 0) is 43.3 Å². The standard InChI is InChI=1S/C17H12Cl2N2O4/c1-9(16(22)21-11-3-4-12(18)13(19)7-11)25-17(23)10-2-5-14-15(6-10)24-8-20-14/h2-9H,1H3,(H,21,22). The highest BCUT2D eigenvalue weighted by molar-refractivity contribution is 6.42. The first kappa shape index (κ1) is 17.3. The number of benzene rings is 2. The molecule has 0 aliphatic rings. The van der Waals surface area contributed by atoms with Gasteiger partial charge in [-0.25, -0.2) is 9.78 Å². The Morgan fingerprint density at radius 1 is 1.16 bits per heavy atom. The van der Waals surface area contributed by atoms with Gasteiger partial charge in [-0.1, -0.05) is 23.2 Å². The number of ether oxygens (including phenoxy) is 1. The molecule has 25 heavy (non-hydrogen) atoms. The Kier molecular flexibility index (Phi) is 4.92. The van der Waals surface area contributed by atoms with Gasteiger partial charge in [0.05, 0.1) is 15.6 Å². The normalized spacial score (nSPS) is 12.0. The molecule has 1 N–H and O–H groups in total. The lowest BCUT2D eigenvalue weighted by Gasteiger charge is -2.14. The maximum Gasteiger partial charge on any atom is 0.339 e. The molecular formula is C17H12Cl2N2O4. The van der Waals surface area contributed by atoms with Crippen LogP contribution in [0.15, 0.2) is 47.2 Å². The fraction of sp³-hybridized carbons (Fsp3) is 0.118. The Labute approximate surface area is 152 Å². The first-order chi connectivity index (χ1) is 11.9. The van der Waals surface area contributed by atoms with E-state index in [9.17, 15) is 9.59 Å². The third-order valence-corrected chi connectivity index (χ3v) is 4.15. The Morgan fingerprint density at radius 2 is 1.96 bits per heavy atom. The highest BCUT2D eigenvalue weighted by atomic mass is 35.5. The number of halogens is 2. The van der Waals surface area contributed by atoms with Crippen molar-refractivity contribution in [3.8, 4) is 0 Å². The number of hydrogen-bond acceptors (Lipinski definition) is 5. The van der Waals surface area contributed by atoms with Crippen molar-refractivity contribution in [2.45, 2.75) is 13.0 Å². The molecular weight excluding hydrogens is 367 g/mol. The number of aromatic nitrogens is 1. The minimum atomic E-state index is -1.01. The van der Waals surface area contributed by atoms with Crippen molar-refractivity contribution in [3.63, 3.8) is 0 Å². The van der Waals surface area contributed by atoms with Crippen LogP contribution in [0.5, 0.6) is 0 Å². The molecule has 1 aromatic heterocycles. The van der Waals surface area contributed by atoms with E-state index in [0.29, 0.717) is 26.8 Å². The van der Waals surface area contributed by atoms with Gasteiger partial charge in [0.1, 0.15) is 5.52 Å². The lowest BCUT2D eigenvalue weighted by molar-refractivity contribution is -0.123. The fourth-order valence-electron chi connectivity index (χ4n) is 2.08. The number of carbonyl (C=O) groups excluding carboxylic acids is 2. The van der Waals surface area contributed by atoms with Gasteiger partial charge in [-0.15, -0.1) is 0 Å². The van der Waals surface area contributed by atoms with Gasteiger partial charge in [0.25, 0.3) is 5.91 Å². The quantitative estimate of drug-likeness (QED) is 0.683. The molecule has 0 aliphatic carbocycles. The number of carbonyl (C=O) groups is 2. The Bertz CT molecular complexity index is 955. The molecule has 0 radical (unpaired) electrons. The van der Waals surface area contributed by atoms with Crippen LogP contribution in [0.4, 0.5) is 5.69 Å². The molecule has 6 nitrogen and oxygen atoms in total. The number of fused-ring (bicyclic) bond motifs is 1. The number of rotatable bonds is 4. The average molecular weight is 379 g/mol. The summed E-state index contributed by atoms with van der Waals surface area (Å²) >= 11 is 11.7. The molecule has 0 bridgehead atoms. The second-order valence-corrected chi connectivity index (χ2v) is 6.01. The van der Waals surface area contributed by atoms with Crippen LogP contribution < -0.4 is 5.32 Å². The average Bonchev–Trinajstić information content (AvgIpc) is 3.05. The summed E-state index contributed by atoms with van der Waals surface area (Å²) in [5, 5.41) is 3.29. The van der Waals surface area contributed by atoms with Crippen molar-refractivity contribution in [1.82, 2.24) is 4.98 Å². The molecule has 1 heterocycles. The molecule has 1 amide bonds. The maximum absolute atomic E-state index is 12.2. The largest absolute Gasteiger partial charge is 0.449 e. The van der Waals surface area contributed by atoms with Crippen molar-refractivity contribution >= 4 is 51.9 Å². The van der Waals surface area contributed by atoms with Crippen LogP contribution in [0.1, 0.15) is 17.3 Å². The summed E-state index contributed by atoms with van der Waals surface area (Å²) in [4.78, 5) is 28.3. The lowest BCUT2D eigenvalue weighted by atomic mass is 10.2. The van der Waals surface area contributed by atoms with Crippen molar-refractivity contribution in [3.05, 3.63) is 58.4 Å². The fourth-order valence-corrected chi connectivity index (χ4v) is 2.38. The number of anilines is 1. The highest BCUT2D eigenvalue weighted by Crippen LogP contribution is 2.25. The van der Waals surface area contributed by atoms with E-state index in [4.69, 9.17) is 32.4 Å². The molecule has 3 rings (SSSR count). The van der Waals surface area contributed by atoms with Crippen LogP contribution in [0.25, 0.3) is 11.1 Å². The van der Waals surface area contributed by atoms with Crippen LogP contribution in [0, 0.1) is 0 Å².